The van der Waals surface area contributed by atoms with Crippen LogP contribution in [0.3, 0.4) is 0 Å². The van der Waals surface area contributed by atoms with Gasteiger partial charge in [0.15, 0.2) is 0 Å². The number of aryl methyl sites for hydroxylation is 1. The molecule has 11 heavy (non-hydrogen) atoms. The van der Waals surface area contributed by atoms with Crippen molar-refractivity contribution in [3.63, 3.8) is 0 Å². The van der Waals surface area contributed by atoms with Gasteiger partial charge in [-0.25, -0.2) is 14.4 Å². The molecule has 0 saturated heterocycles. The summed E-state index contributed by atoms with van der Waals surface area (Å²) in [6, 6.07) is 0. The molecule has 0 bridgehead atoms. The number of aromatic nitrogens is 2. The Morgan fingerprint density at radius 1 is 1.45 bits per heavy atom. The predicted octanol–water partition coefficient (Wildman–Crippen LogP) is 2.14. The van der Waals surface area contributed by atoms with Crippen LogP contribution >= 0.6 is 11.3 Å². The molecule has 0 aromatic carbocycles. The van der Waals surface area contributed by atoms with E-state index in [0.717, 1.165) is 4.83 Å². The van der Waals surface area contributed by atoms with E-state index in [1.807, 2.05) is 0 Å². The fourth-order valence-corrected chi connectivity index (χ4v) is 1.79. The van der Waals surface area contributed by atoms with Gasteiger partial charge in [0.1, 0.15) is 17.0 Å². The van der Waals surface area contributed by atoms with Crippen molar-refractivity contribution in [1.29, 1.82) is 0 Å². The average molecular weight is 168 g/mol. The van der Waals surface area contributed by atoms with Crippen molar-refractivity contribution in [1.82, 2.24) is 9.97 Å². The van der Waals surface area contributed by atoms with Crippen molar-refractivity contribution >= 4 is 21.6 Å². The lowest BCUT2D eigenvalue weighted by molar-refractivity contribution is 0.643. The van der Waals surface area contributed by atoms with E-state index >= 15 is 0 Å². The van der Waals surface area contributed by atoms with Crippen molar-refractivity contribution in [3.8, 4) is 0 Å². The lowest BCUT2D eigenvalue weighted by Gasteiger charge is -1.91. The first-order valence-corrected chi connectivity index (χ1v) is 4.01. The molecule has 56 valence electrons. The van der Waals surface area contributed by atoms with E-state index in [1.165, 1.54) is 23.0 Å². The molecule has 2 rings (SSSR count). The number of halogens is 1. The SMILES string of the molecule is Cc1ncnc2scc(F)c12. The van der Waals surface area contributed by atoms with Crippen molar-refractivity contribution in [2.75, 3.05) is 0 Å². The van der Waals surface area contributed by atoms with E-state index in [1.54, 1.807) is 6.92 Å². The fraction of sp³-hybridized carbons (Fsp3) is 0.143. The molecule has 0 aliphatic rings. The smallest absolute Gasteiger partial charge is 0.145 e. The number of fused-ring (bicyclic) bond motifs is 1. The molecular weight excluding hydrogens is 163 g/mol. The van der Waals surface area contributed by atoms with Crippen LogP contribution in [0.2, 0.25) is 0 Å². The maximum absolute atomic E-state index is 12.9. The first-order chi connectivity index (χ1) is 5.29. The number of nitrogens with zero attached hydrogens (tertiary/aromatic N) is 2. The number of thiophene rings is 1. The molecule has 0 saturated carbocycles. The van der Waals surface area contributed by atoms with Gasteiger partial charge in [-0.3, -0.25) is 0 Å². The Labute approximate surface area is 66.7 Å². The van der Waals surface area contributed by atoms with Gasteiger partial charge >= 0.3 is 0 Å². The van der Waals surface area contributed by atoms with Crippen molar-refractivity contribution in [2.45, 2.75) is 6.92 Å². The molecule has 0 N–H and O–H groups in total. The zero-order valence-corrected chi connectivity index (χ0v) is 6.65. The molecule has 0 atom stereocenters. The van der Waals surface area contributed by atoms with Crippen LogP contribution in [-0.2, 0) is 0 Å². The summed E-state index contributed by atoms with van der Waals surface area (Å²) in [7, 11) is 0. The van der Waals surface area contributed by atoms with E-state index in [-0.39, 0.29) is 5.82 Å². The standard InChI is InChI=1S/C7H5FN2S/c1-4-6-5(8)2-11-7(6)10-3-9-4/h2-3H,1H3. The monoisotopic (exact) mass is 168 g/mol. The summed E-state index contributed by atoms with van der Waals surface area (Å²) >= 11 is 1.30. The Kier molecular flexibility index (Phi) is 1.35. The Morgan fingerprint density at radius 3 is 3.00 bits per heavy atom. The Bertz CT molecular complexity index is 396. The molecule has 0 fully saturated rings. The number of hydrogen-bond acceptors (Lipinski definition) is 3. The first-order valence-electron chi connectivity index (χ1n) is 3.13. The van der Waals surface area contributed by atoms with Crippen molar-refractivity contribution in [3.05, 3.63) is 23.2 Å². The number of rotatable bonds is 0. The molecule has 0 unspecified atom stereocenters. The van der Waals surface area contributed by atoms with Gasteiger partial charge in [-0.05, 0) is 6.92 Å². The van der Waals surface area contributed by atoms with Crippen LogP contribution in [0.25, 0.3) is 10.2 Å². The highest BCUT2D eigenvalue weighted by Crippen LogP contribution is 2.23. The van der Waals surface area contributed by atoms with E-state index in [2.05, 4.69) is 9.97 Å². The minimum absolute atomic E-state index is 0.219. The van der Waals surface area contributed by atoms with Gasteiger partial charge in [0.25, 0.3) is 0 Å². The fourth-order valence-electron chi connectivity index (χ4n) is 0.983. The molecule has 2 aromatic heterocycles. The van der Waals surface area contributed by atoms with Crippen LogP contribution in [0.15, 0.2) is 11.7 Å². The highest BCUT2D eigenvalue weighted by molar-refractivity contribution is 7.16. The van der Waals surface area contributed by atoms with Crippen LogP contribution in [0, 0.1) is 12.7 Å². The lowest BCUT2D eigenvalue weighted by atomic mass is 10.3. The van der Waals surface area contributed by atoms with Gasteiger partial charge in [-0.1, -0.05) is 0 Å². The maximum atomic E-state index is 12.9. The van der Waals surface area contributed by atoms with Gasteiger partial charge in [-0.2, -0.15) is 0 Å². The third kappa shape index (κ3) is 0.903. The normalized spacial score (nSPS) is 10.7. The molecule has 0 amide bonds. The van der Waals surface area contributed by atoms with Crippen LogP contribution in [0.4, 0.5) is 4.39 Å². The summed E-state index contributed by atoms with van der Waals surface area (Å²) in [6.45, 7) is 1.78. The summed E-state index contributed by atoms with van der Waals surface area (Å²) < 4.78 is 12.9. The van der Waals surface area contributed by atoms with Gasteiger partial charge in [0.05, 0.1) is 11.1 Å². The van der Waals surface area contributed by atoms with E-state index in [4.69, 9.17) is 0 Å². The van der Waals surface area contributed by atoms with Crippen molar-refractivity contribution in [2.24, 2.45) is 0 Å². The zero-order valence-electron chi connectivity index (χ0n) is 5.84. The highest BCUT2D eigenvalue weighted by Gasteiger charge is 2.06. The second kappa shape index (κ2) is 2.23. The Hall–Kier alpha value is -1.03. The highest BCUT2D eigenvalue weighted by atomic mass is 32.1. The lowest BCUT2D eigenvalue weighted by Crippen LogP contribution is -1.84. The first kappa shape index (κ1) is 6.67. The van der Waals surface area contributed by atoms with E-state index < -0.39 is 0 Å². The summed E-state index contributed by atoms with van der Waals surface area (Å²) in [6.07, 6.45) is 1.45. The quantitative estimate of drug-likeness (QED) is 0.602. The third-order valence-electron chi connectivity index (χ3n) is 1.51. The molecule has 2 nitrogen and oxygen atoms in total. The number of hydrogen-bond donors (Lipinski definition) is 0. The minimum Gasteiger partial charge on any atom is -0.241 e. The second-order valence-corrected chi connectivity index (χ2v) is 3.08. The predicted molar refractivity (Wildman–Crippen MR) is 42.1 cm³/mol. The maximum Gasteiger partial charge on any atom is 0.145 e. The van der Waals surface area contributed by atoms with Crippen LogP contribution in [0.1, 0.15) is 5.69 Å². The average Bonchev–Trinajstić information content (AvgIpc) is 2.34. The van der Waals surface area contributed by atoms with Crippen LogP contribution in [-0.4, -0.2) is 9.97 Å². The molecule has 2 heterocycles. The van der Waals surface area contributed by atoms with E-state index in [9.17, 15) is 4.39 Å². The van der Waals surface area contributed by atoms with Gasteiger partial charge < -0.3 is 0 Å². The second-order valence-electron chi connectivity index (χ2n) is 2.22. The molecular formula is C7H5FN2S. The topological polar surface area (TPSA) is 25.8 Å². The zero-order chi connectivity index (χ0) is 7.84. The van der Waals surface area contributed by atoms with Gasteiger partial charge in [0, 0.05) is 5.38 Å². The summed E-state index contributed by atoms with van der Waals surface area (Å²) in [5.41, 5.74) is 0.703. The molecule has 0 radical (unpaired) electrons. The minimum atomic E-state index is -0.219. The summed E-state index contributed by atoms with van der Waals surface area (Å²) in [4.78, 5) is 8.54. The van der Waals surface area contributed by atoms with Crippen molar-refractivity contribution < 1.29 is 4.39 Å². The Morgan fingerprint density at radius 2 is 2.27 bits per heavy atom. The Balaban J connectivity index is 2.96. The molecule has 0 aliphatic carbocycles. The third-order valence-corrected chi connectivity index (χ3v) is 2.37. The molecule has 0 spiro atoms. The largest absolute Gasteiger partial charge is 0.241 e. The van der Waals surface area contributed by atoms with Gasteiger partial charge in [0.2, 0.25) is 0 Å². The van der Waals surface area contributed by atoms with Gasteiger partial charge in [-0.15, -0.1) is 11.3 Å². The molecule has 4 heteroatoms. The molecule has 0 aliphatic heterocycles. The van der Waals surface area contributed by atoms with Crippen LogP contribution in [0.5, 0.6) is 0 Å². The summed E-state index contributed by atoms with van der Waals surface area (Å²) in [5, 5.41) is 2.00. The van der Waals surface area contributed by atoms with Crippen LogP contribution < -0.4 is 0 Å². The molecule has 2 aromatic rings. The van der Waals surface area contributed by atoms with E-state index in [0.29, 0.717) is 11.1 Å². The summed E-state index contributed by atoms with van der Waals surface area (Å²) in [5.74, 6) is -0.219.